The normalized spacial score (nSPS) is 17.5. The highest BCUT2D eigenvalue weighted by Gasteiger charge is 2.17. The molecule has 1 saturated heterocycles. The van der Waals surface area contributed by atoms with Crippen molar-refractivity contribution in [1.82, 2.24) is 30.2 Å². The average molecular weight is 393 g/mol. The van der Waals surface area contributed by atoms with Gasteiger partial charge in [0.25, 0.3) is 5.91 Å². The zero-order chi connectivity index (χ0) is 20.2. The van der Waals surface area contributed by atoms with E-state index < -0.39 is 0 Å². The van der Waals surface area contributed by atoms with Gasteiger partial charge in [0.2, 0.25) is 0 Å². The number of piperidine rings is 1. The summed E-state index contributed by atoms with van der Waals surface area (Å²) in [6.07, 6.45) is 5.30. The molecule has 1 atom stereocenters. The molecule has 2 aromatic heterocycles. The lowest BCUT2D eigenvalue weighted by Crippen LogP contribution is -2.36. The third kappa shape index (κ3) is 4.29. The van der Waals surface area contributed by atoms with Crippen LogP contribution in [0.3, 0.4) is 0 Å². The highest BCUT2D eigenvalue weighted by Crippen LogP contribution is 2.21. The number of likely N-dealkylation sites (tertiary alicyclic amines) is 1. The molecular formula is C22H28N6O. The van der Waals surface area contributed by atoms with Crippen LogP contribution in [0, 0.1) is 12.8 Å². The Kier molecular flexibility index (Phi) is 5.85. The fraction of sp³-hybridized carbons (Fsp3) is 0.455. The molecule has 1 aliphatic rings. The molecular weight excluding hydrogens is 364 g/mol. The van der Waals surface area contributed by atoms with E-state index in [1.807, 2.05) is 37.3 Å². The topological polar surface area (TPSA) is 75.9 Å². The van der Waals surface area contributed by atoms with Gasteiger partial charge in [-0.05, 0) is 75.0 Å². The zero-order valence-corrected chi connectivity index (χ0v) is 17.1. The smallest absolute Gasteiger partial charge is 0.251 e. The first-order valence-electron chi connectivity index (χ1n) is 10.4. The van der Waals surface area contributed by atoms with Crippen LogP contribution in [-0.2, 0) is 0 Å². The predicted octanol–water partition coefficient (Wildman–Crippen LogP) is 2.98. The van der Waals surface area contributed by atoms with E-state index in [2.05, 4.69) is 32.4 Å². The second-order valence-electron chi connectivity index (χ2n) is 7.95. The van der Waals surface area contributed by atoms with Crippen LogP contribution >= 0.6 is 0 Å². The van der Waals surface area contributed by atoms with Gasteiger partial charge in [-0.1, -0.05) is 18.2 Å². The van der Waals surface area contributed by atoms with Gasteiger partial charge in [-0.3, -0.25) is 4.79 Å². The molecule has 0 radical (unpaired) electrons. The van der Waals surface area contributed by atoms with Crippen LogP contribution in [0.4, 0.5) is 0 Å². The van der Waals surface area contributed by atoms with Crippen molar-refractivity contribution in [2.45, 2.75) is 33.1 Å². The predicted molar refractivity (Wildman–Crippen MR) is 113 cm³/mol. The molecule has 0 bridgehead atoms. The van der Waals surface area contributed by atoms with Crippen LogP contribution in [-0.4, -0.2) is 57.0 Å². The molecule has 7 heteroatoms. The quantitative estimate of drug-likeness (QED) is 0.653. The SMILES string of the molecule is Cc1c(C(=O)NCCCN2CCCC(C)C2)cccc1-n1nnc2cccnc21. The Balaban J connectivity index is 1.41. The number of nitrogens with one attached hydrogen (secondary N) is 1. The molecule has 3 aromatic rings. The Morgan fingerprint density at radius 3 is 3.03 bits per heavy atom. The summed E-state index contributed by atoms with van der Waals surface area (Å²) in [4.78, 5) is 19.7. The molecule has 0 saturated carbocycles. The molecule has 1 fully saturated rings. The van der Waals surface area contributed by atoms with Crippen LogP contribution in [0.2, 0.25) is 0 Å². The van der Waals surface area contributed by atoms with Crippen molar-refractivity contribution in [1.29, 1.82) is 0 Å². The lowest BCUT2D eigenvalue weighted by molar-refractivity contribution is 0.0949. The van der Waals surface area contributed by atoms with Gasteiger partial charge in [0.1, 0.15) is 5.52 Å². The maximum absolute atomic E-state index is 12.8. The van der Waals surface area contributed by atoms with E-state index in [1.54, 1.807) is 10.9 Å². The van der Waals surface area contributed by atoms with Crippen molar-refractivity contribution in [3.63, 3.8) is 0 Å². The lowest BCUT2D eigenvalue weighted by Gasteiger charge is -2.30. The zero-order valence-electron chi connectivity index (χ0n) is 17.1. The first-order chi connectivity index (χ1) is 14.1. The monoisotopic (exact) mass is 392 g/mol. The Hall–Kier alpha value is -2.80. The number of nitrogens with zero attached hydrogens (tertiary/aromatic N) is 5. The number of hydrogen-bond acceptors (Lipinski definition) is 5. The Morgan fingerprint density at radius 1 is 1.28 bits per heavy atom. The second kappa shape index (κ2) is 8.69. The molecule has 4 rings (SSSR count). The number of hydrogen-bond donors (Lipinski definition) is 1. The second-order valence-corrected chi connectivity index (χ2v) is 7.95. The lowest BCUT2D eigenvalue weighted by atomic mass is 10.0. The fourth-order valence-electron chi connectivity index (χ4n) is 4.12. The van der Waals surface area contributed by atoms with Gasteiger partial charge in [0.15, 0.2) is 5.65 Å². The molecule has 1 aliphatic heterocycles. The van der Waals surface area contributed by atoms with Gasteiger partial charge in [-0.2, -0.15) is 4.68 Å². The molecule has 1 amide bonds. The van der Waals surface area contributed by atoms with Crippen LogP contribution in [0.1, 0.15) is 42.1 Å². The third-order valence-electron chi connectivity index (χ3n) is 5.66. The number of pyridine rings is 1. The van der Waals surface area contributed by atoms with Crippen LogP contribution in [0.15, 0.2) is 36.5 Å². The fourth-order valence-corrected chi connectivity index (χ4v) is 4.12. The van der Waals surface area contributed by atoms with E-state index in [-0.39, 0.29) is 5.91 Å². The Bertz CT molecular complexity index is 998. The number of fused-ring (bicyclic) bond motifs is 1. The van der Waals surface area contributed by atoms with E-state index in [1.165, 1.54) is 25.9 Å². The summed E-state index contributed by atoms with van der Waals surface area (Å²) in [5.74, 6) is 0.736. The van der Waals surface area contributed by atoms with Gasteiger partial charge in [0, 0.05) is 24.8 Å². The van der Waals surface area contributed by atoms with Gasteiger partial charge < -0.3 is 10.2 Å². The highest BCUT2D eigenvalue weighted by molar-refractivity contribution is 5.96. The number of carbonyl (C=O) groups excluding carboxylic acids is 1. The minimum Gasteiger partial charge on any atom is -0.352 e. The van der Waals surface area contributed by atoms with Crippen molar-refractivity contribution in [3.8, 4) is 5.69 Å². The van der Waals surface area contributed by atoms with Gasteiger partial charge >= 0.3 is 0 Å². The minimum atomic E-state index is -0.0475. The molecule has 1 unspecified atom stereocenters. The third-order valence-corrected chi connectivity index (χ3v) is 5.66. The van der Waals surface area contributed by atoms with Crippen molar-refractivity contribution in [2.24, 2.45) is 5.92 Å². The van der Waals surface area contributed by atoms with Gasteiger partial charge in [-0.15, -0.1) is 5.10 Å². The van der Waals surface area contributed by atoms with Crippen molar-refractivity contribution < 1.29 is 4.79 Å². The number of amides is 1. The summed E-state index contributed by atoms with van der Waals surface area (Å²) >= 11 is 0. The first kappa shape index (κ1) is 19.5. The van der Waals surface area contributed by atoms with Crippen LogP contribution in [0.25, 0.3) is 16.9 Å². The first-order valence-corrected chi connectivity index (χ1v) is 10.4. The Labute approximate surface area is 171 Å². The number of aromatic nitrogens is 4. The molecule has 0 aliphatic carbocycles. The molecule has 1 N–H and O–H groups in total. The van der Waals surface area contributed by atoms with E-state index in [0.29, 0.717) is 17.8 Å². The van der Waals surface area contributed by atoms with E-state index in [9.17, 15) is 4.79 Å². The number of benzene rings is 1. The maximum atomic E-state index is 12.8. The van der Waals surface area contributed by atoms with Gasteiger partial charge in [0.05, 0.1) is 5.69 Å². The summed E-state index contributed by atoms with van der Waals surface area (Å²) in [6, 6.07) is 9.38. The summed E-state index contributed by atoms with van der Waals surface area (Å²) in [5, 5.41) is 11.5. The molecule has 0 spiro atoms. The van der Waals surface area contributed by atoms with Crippen LogP contribution < -0.4 is 5.32 Å². The summed E-state index contributed by atoms with van der Waals surface area (Å²) < 4.78 is 1.69. The average Bonchev–Trinajstić information content (AvgIpc) is 3.15. The standard InChI is InChI=1S/C22H28N6O/c1-16-7-5-13-27(15-16)14-6-12-24-22(29)18-8-3-10-20(17(18)2)28-21-19(25-26-28)9-4-11-23-21/h3-4,8-11,16H,5-7,12-15H2,1-2H3,(H,24,29). The molecule has 1 aromatic carbocycles. The van der Waals surface area contributed by atoms with E-state index in [4.69, 9.17) is 0 Å². The number of carbonyl (C=O) groups is 1. The minimum absolute atomic E-state index is 0.0475. The molecule has 3 heterocycles. The molecule has 152 valence electrons. The van der Waals surface area contributed by atoms with Crippen LogP contribution in [0.5, 0.6) is 0 Å². The van der Waals surface area contributed by atoms with Crippen molar-refractivity contribution >= 4 is 17.1 Å². The summed E-state index contributed by atoms with van der Waals surface area (Å²) in [6.45, 7) is 8.34. The number of rotatable bonds is 6. The largest absolute Gasteiger partial charge is 0.352 e. The van der Waals surface area contributed by atoms with E-state index >= 15 is 0 Å². The van der Waals surface area contributed by atoms with Crippen molar-refractivity contribution in [2.75, 3.05) is 26.2 Å². The Morgan fingerprint density at radius 2 is 2.17 bits per heavy atom. The summed E-state index contributed by atoms with van der Waals surface area (Å²) in [5.41, 5.74) is 3.76. The maximum Gasteiger partial charge on any atom is 0.251 e. The van der Waals surface area contributed by atoms with Crippen molar-refractivity contribution in [3.05, 3.63) is 47.7 Å². The summed E-state index contributed by atoms with van der Waals surface area (Å²) in [7, 11) is 0. The highest BCUT2D eigenvalue weighted by atomic mass is 16.1. The molecule has 7 nitrogen and oxygen atoms in total. The van der Waals surface area contributed by atoms with E-state index in [0.717, 1.165) is 35.7 Å². The molecule has 29 heavy (non-hydrogen) atoms. The van der Waals surface area contributed by atoms with Gasteiger partial charge in [-0.25, -0.2) is 4.98 Å².